The van der Waals surface area contributed by atoms with Gasteiger partial charge in [0.1, 0.15) is 0 Å². The van der Waals surface area contributed by atoms with E-state index >= 15 is 0 Å². The maximum Gasteiger partial charge on any atom is 0.238 e. The van der Waals surface area contributed by atoms with Crippen molar-refractivity contribution in [3.8, 4) is 11.6 Å². The van der Waals surface area contributed by atoms with Gasteiger partial charge in [0.15, 0.2) is 5.76 Å². The molecule has 1 amide bonds. The van der Waals surface area contributed by atoms with Crippen molar-refractivity contribution in [2.45, 2.75) is 18.8 Å². The number of hydrogen-bond acceptors (Lipinski definition) is 5. The first-order valence-corrected chi connectivity index (χ1v) is 11.1. The van der Waals surface area contributed by atoms with Crippen molar-refractivity contribution in [1.29, 1.82) is 0 Å². The molecular weight excluding hydrogens is 426 g/mol. The van der Waals surface area contributed by atoms with E-state index < -0.39 is 0 Å². The Balaban J connectivity index is 1.33. The van der Waals surface area contributed by atoms with Crippen LogP contribution in [0.4, 0.5) is 5.69 Å². The quantitative estimate of drug-likeness (QED) is 0.310. The molecule has 34 heavy (non-hydrogen) atoms. The molecule has 0 saturated heterocycles. The molecule has 0 bridgehead atoms. The van der Waals surface area contributed by atoms with Gasteiger partial charge in [-0.25, -0.2) is 0 Å². The van der Waals surface area contributed by atoms with E-state index in [4.69, 9.17) is 8.94 Å². The van der Waals surface area contributed by atoms with Gasteiger partial charge in [0.25, 0.3) is 0 Å². The smallest absolute Gasteiger partial charge is 0.238 e. The van der Waals surface area contributed by atoms with Gasteiger partial charge in [0, 0.05) is 18.0 Å². The van der Waals surface area contributed by atoms with E-state index in [-0.39, 0.29) is 11.8 Å². The lowest BCUT2D eigenvalue weighted by molar-refractivity contribution is -0.116. The highest BCUT2D eigenvalue weighted by molar-refractivity contribution is 5.92. The van der Waals surface area contributed by atoms with Crippen molar-refractivity contribution in [1.82, 2.24) is 10.1 Å². The second-order valence-corrected chi connectivity index (χ2v) is 7.95. The summed E-state index contributed by atoms with van der Waals surface area (Å²) in [7, 11) is 0. The molecule has 0 radical (unpaired) electrons. The molecule has 0 saturated carbocycles. The van der Waals surface area contributed by atoms with Crippen LogP contribution >= 0.6 is 0 Å². The SMILES string of the molecule is O=C(CC(c1ccccc1)c1ccccc1)Nc1ccccc1Cc1nc(-c2ccco2)no1. The first-order chi connectivity index (χ1) is 16.8. The van der Waals surface area contributed by atoms with Gasteiger partial charge in [0.05, 0.1) is 12.7 Å². The summed E-state index contributed by atoms with van der Waals surface area (Å²) in [6.07, 6.45) is 2.28. The van der Waals surface area contributed by atoms with Crippen LogP contribution in [0.25, 0.3) is 11.6 Å². The van der Waals surface area contributed by atoms with Crippen LogP contribution in [-0.2, 0) is 11.2 Å². The molecule has 2 aromatic heterocycles. The summed E-state index contributed by atoms with van der Waals surface area (Å²) in [5.41, 5.74) is 3.83. The summed E-state index contributed by atoms with van der Waals surface area (Å²) in [5.74, 6) is 1.28. The maximum absolute atomic E-state index is 13.2. The topological polar surface area (TPSA) is 81.2 Å². The number of nitrogens with one attached hydrogen (secondary N) is 1. The predicted molar refractivity (Wildman–Crippen MR) is 129 cm³/mol. The first-order valence-electron chi connectivity index (χ1n) is 11.1. The van der Waals surface area contributed by atoms with E-state index in [1.54, 1.807) is 18.4 Å². The van der Waals surface area contributed by atoms with Crippen molar-refractivity contribution in [2.24, 2.45) is 0 Å². The van der Waals surface area contributed by atoms with Crippen LogP contribution < -0.4 is 5.32 Å². The average Bonchev–Trinajstić information content (AvgIpc) is 3.57. The maximum atomic E-state index is 13.2. The highest BCUT2D eigenvalue weighted by atomic mass is 16.5. The Kier molecular flexibility index (Phi) is 6.29. The molecule has 0 fully saturated rings. The Morgan fingerprint density at radius 3 is 2.18 bits per heavy atom. The second kappa shape index (κ2) is 10.0. The number of aromatic nitrogens is 2. The molecule has 0 aliphatic carbocycles. The van der Waals surface area contributed by atoms with Crippen molar-refractivity contribution in [3.05, 3.63) is 126 Å². The summed E-state index contributed by atoms with van der Waals surface area (Å²) in [6.45, 7) is 0. The van der Waals surface area contributed by atoms with Crippen LogP contribution in [0.1, 0.15) is 34.9 Å². The monoisotopic (exact) mass is 449 g/mol. The molecular formula is C28H23N3O3. The van der Waals surface area contributed by atoms with Gasteiger partial charge in [-0.05, 0) is 34.9 Å². The van der Waals surface area contributed by atoms with Crippen molar-refractivity contribution in [2.75, 3.05) is 5.32 Å². The standard InChI is InChI=1S/C28H23N3O3/c32-26(19-23(20-10-3-1-4-11-20)21-12-5-2-6-13-21)29-24-15-8-7-14-22(24)18-27-30-28(31-34-27)25-16-9-17-33-25/h1-17,23H,18-19H2,(H,29,32). The zero-order chi connectivity index (χ0) is 23.2. The minimum atomic E-state index is -0.0630. The number of para-hydroxylation sites is 1. The average molecular weight is 450 g/mol. The van der Waals surface area contributed by atoms with Gasteiger partial charge >= 0.3 is 0 Å². The Morgan fingerprint density at radius 2 is 1.50 bits per heavy atom. The van der Waals surface area contributed by atoms with Gasteiger partial charge in [-0.2, -0.15) is 4.98 Å². The number of benzene rings is 3. The van der Waals surface area contributed by atoms with E-state index in [9.17, 15) is 4.79 Å². The molecule has 6 nitrogen and oxygen atoms in total. The van der Waals surface area contributed by atoms with Crippen molar-refractivity contribution < 1.29 is 13.7 Å². The third-order valence-corrected chi connectivity index (χ3v) is 5.64. The summed E-state index contributed by atoms with van der Waals surface area (Å²) >= 11 is 0. The number of carbonyl (C=O) groups excluding carboxylic acids is 1. The number of furan rings is 1. The minimum Gasteiger partial charge on any atom is -0.461 e. The molecule has 5 aromatic rings. The third kappa shape index (κ3) is 4.96. The molecule has 0 aliphatic rings. The lowest BCUT2D eigenvalue weighted by Crippen LogP contribution is -2.17. The van der Waals surface area contributed by atoms with Gasteiger partial charge in [-0.3, -0.25) is 4.79 Å². The van der Waals surface area contributed by atoms with E-state index in [1.165, 1.54) is 0 Å². The largest absolute Gasteiger partial charge is 0.461 e. The van der Waals surface area contributed by atoms with Crippen LogP contribution in [0, 0.1) is 0 Å². The summed E-state index contributed by atoms with van der Waals surface area (Å²) in [4.78, 5) is 17.6. The van der Waals surface area contributed by atoms with E-state index in [2.05, 4.69) is 39.7 Å². The molecule has 6 heteroatoms. The van der Waals surface area contributed by atoms with Crippen molar-refractivity contribution >= 4 is 11.6 Å². The van der Waals surface area contributed by atoms with Crippen molar-refractivity contribution in [3.63, 3.8) is 0 Å². The molecule has 3 aromatic carbocycles. The van der Waals surface area contributed by atoms with Crippen LogP contribution in [-0.4, -0.2) is 16.0 Å². The normalized spacial score (nSPS) is 11.0. The van der Waals surface area contributed by atoms with E-state index in [0.717, 1.165) is 22.4 Å². The van der Waals surface area contributed by atoms with Crippen LogP contribution in [0.2, 0.25) is 0 Å². The summed E-state index contributed by atoms with van der Waals surface area (Å²) < 4.78 is 10.7. The fourth-order valence-electron chi connectivity index (χ4n) is 3.98. The Hall–Kier alpha value is -4.45. The fourth-order valence-corrected chi connectivity index (χ4v) is 3.98. The van der Waals surface area contributed by atoms with E-state index in [0.29, 0.717) is 30.3 Å². The number of amides is 1. The lowest BCUT2D eigenvalue weighted by Gasteiger charge is -2.18. The zero-order valence-electron chi connectivity index (χ0n) is 18.4. The number of hydrogen-bond donors (Lipinski definition) is 1. The van der Waals surface area contributed by atoms with Crippen LogP contribution in [0.5, 0.6) is 0 Å². The fraction of sp³-hybridized carbons (Fsp3) is 0.107. The number of carbonyl (C=O) groups is 1. The van der Waals surface area contributed by atoms with Crippen LogP contribution in [0.15, 0.2) is 112 Å². The molecule has 1 N–H and O–H groups in total. The Morgan fingerprint density at radius 1 is 0.824 bits per heavy atom. The molecule has 2 heterocycles. The Bertz CT molecular complexity index is 1310. The van der Waals surface area contributed by atoms with Gasteiger partial charge in [0.2, 0.25) is 17.6 Å². The van der Waals surface area contributed by atoms with E-state index in [1.807, 2.05) is 60.7 Å². The summed E-state index contributed by atoms with van der Waals surface area (Å²) in [6, 6.07) is 31.4. The predicted octanol–water partition coefficient (Wildman–Crippen LogP) is 6.08. The second-order valence-electron chi connectivity index (χ2n) is 7.95. The lowest BCUT2D eigenvalue weighted by atomic mass is 9.88. The van der Waals surface area contributed by atoms with Gasteiger partial charge < -0.3 is 14.3 Å². The number of anilines is 1. The highest BCUT2D eigenvalue weighted by Crippen LogP contribution is 2.29. The molecule has 168 valence electrons. The van der Waals surface area contributed by atoms with Gasteiger partial charge in [-0.1, -0.05) is 84.0 Å². The minimum absolute atomic E-state index is 0.0404. The molecule has 0 atom stereocenters. The van der Waals surface area contributed by atoms with Crippen LogP contribution in [0.3, 0.4) is 0 Å². The highest BCUT2D eigenvalue weighted by Gasteiger charge is 2.19. The van der Waals surface area contributed by atoms with Gasteiger partial charge in [-0.15, -0.1) is 0 Å². The first kappa shape index (κ1) is 21.4. The third-order valence-electron chi connectivity index (χ3n) is 5.64. The number of nitrogens with zero attached hydrogens (tertiary/aromatic N) is 2. The molecule has 0 aliphatic heterocycles. The molecule has 0 unspecified atom stereocenters. The summed E-state index contributed by atoms with van der Waals surface area (Å²) in [5, 5.41) is 7.07. The number of rotatable bonds is 8. The zero-order valence-corrected chi connectivity index (χ0v) is 18.4. The Labute approximate surface area is 197 Å². The molecule has 0 spiro atoms. The molecule has 5 rings (SSSR count).